The molecule has 1 N–H and O–H groups in total. The minimum absolute atomic E-state index is 0.136. The van der Waals surface area contributed by atoms with Crippen molar-refractivity contribution in [1.82, 2.24) is 5.32 Å². The number of anilines is 1. The van der Waals surface area contributed by atoms with Gasteiger partial charge in [-0.3, -0.25) is 9.59 Å². The van der Waals surface area contributed by atoms with Gasteiger partial charge < -0.3 is 19.7 Å². The molecule has 0 spiro atoms. The summed E-state index contributed by atoms with van der Waals surface area (Å²) in [5, 5.41) is 2.87. The zero-order chi connectivity index (χ0) is 17.9. The molecule has 6 nitrogen and oxygen atoms in total. The zero-order valence-corrected chi connectivity index (χ0v) is 14.3. The van der Waals surface area contributed by atoms with Crippen molar-refractivity contribution in [2.24, 2.45) is 0 Å². The number of benzene rings is 2. The van der Waals surface area contributed by atoms with Crippen molar-refractivity contribution in [1.29, 1.82) is 0 Å². The summed E-state index contributed by atoms with van der Waals surface area (Å²) in [5.41, 5.74) is 1.39. The molecule has 0 aromatic heterocycles. The van der Waals surface area contributed by atoms with Crippen molar-refractivity contribution < 1.29 is 19.1 Å². The number of fused-ring (bicyclic) bond motifs is 1. The molecule has 6 heteroatoms. The summed E-state index contributed by atoms with van der Waals surface area (Å²) < 4.78 is 11.5. The van der Waals surface area contributed by atoms with E-state index in [-0.39, 0.29) is 17.9 Å². The van der Waals surface area contributed by atoms with E-state index in [2.05, 4.69) is 5.32 Å². The molecule has 134 valence electrons. The molecule has 2 heterocycles. The lowest BCUT2D eigenvalue weighted by atomic mass is 10.2. The van der Waals surface area contributed by atoms with Gasteiger partial charge in [-0.05, 0) is 42.8 Å². The van der Waals surface area contributed by atoms with Crippen molar-refractivity contribution in [2.75, 3.05) is 24.6 Å². The van der Waals surface area contributed by atoms with Crippen molar-refractivity contribution in [3.8, 4) is 11.5 Å². The van der Waals surface area contributed by atoms with Crippen LogP contribution in [0.1, 0.15) is 23.2 Å². The maximum absolute atomic E-state index is 12.3. The summed E-state index contributed by atoms with van der Waals surface area (Å²) in [6.07, 6.45) is 1.25. The van der Waals surface area contributed by atoms with E-state index in [0.29, 0.717) is 30.9 Å². The van der Waals surface area contributed by atoms with E-state index in [1.54, 1.807) is 17.0 Å². The van der Waals surface area contributed by atoms with Crippen LogP contribution in [0.5, 0.6) is 11.5 Å². The SMILES string of the molecule is O=C(NC[C@@H]1COc2ccccc2O1)c1ccc(N2CCCC2=O)cc1. The minimum Gasteiger partial charge on any atom is -0.486 e. The lowest BCUT2D eigenvalue weighted by Crippen LogP contribution is -2.40. The highest BCUT2D eigenvalue weighted by Gasteiger charge is 2.23. The third-order valence-electron chi connectivity index (χ3n) is 4.57. The first-order chi connectivity index (χ1) is 12.7. The first kappa shape index (κ1) is 16.4. The Morgan fingerprint density at radius 2 is 1.88 bits per heavy atom. The maximum Gasteiger partial charge on any atom is 0.251 e. The van der Waals surface area contributed by atoms with Crippen LogP contribution in [0.15, 0.2) is 48.5 Å². The largest absolute Gasteiger partial charge is 0.486 e. The Kier molecular flexibility index (Phi) is 4.48. The van der Waals surface area contributed by atoms with Gasteiger partial charge in [-0.25, -0.2) is 0 Å². The smallest absolute Gasteiger partial charge is 0.251 e. The van der Waals surface area contributed by atoms with E-state index in [9.17, 15) is 9.59 Å². The highest BCUT2D eigenvalue weighted by Crippen LogP contribution is 2.30. The molecule has 0 radical (unpaired) electrons. The Hall–Kier alpha value is -3.02. The van der Waals surface area contributed by atoms with Gasteiger partial charge in [-0.2, -0.15) is 0 Å². The Labute approximate surface area is 151 Å². The third-order valence-corrected chi connectivity index (χ3v) is 4.57. The molecule has 0 bridgehead atoms. The lowest BCUT2D eigenvalue weighted by molar-refractivity contribution is -0.117. The van der Waals surface area contributed by atoms with Crippen LogP contribution in [-0.4, -0.2) is 37.6 Å². The molecule has 2 aromatic carbocycles. The average Bonchev–Trinajstić information content (AvgIpc) is 3.12. The molecule has 2 aliphatic heterocycles. The first-order valence-corrected chi connectivity index (χ1v) is 8.78. The van der Waals surface area contributed by atoms with Gasteiger partial charge in [0.1, 0.15) is 12.7 Å². The molecule has 0 aliphatic carbocycles. The van der Waals surface area contributed by atoms with E-state index in [1.807, 2.05) is 36.4 Å². The second-order valence-electron chi connectivity index (χ2n) is 6.40. The molecule has 26 heavy (non-hydrogen) atoms. The summed E-state index contributed by atoms with van der Waals surface area (Å²) in [7, 11) is 0. The Morgan fingerprint density at radius 3 is 2.62 bits per heavy atom. The quantitative estimate of drug-likeness (QED) is 0.917. The van der Waals surface area contributed by atoms with Crippen LogP contribution in [0, 0.1) is 0 Å². The number of amides is 2. The number of nitrogens with one attached hydrogen (secondary N) is 1. The number of nitrogens with zero attached hydrogens (tertiary/aromatic N) is 1. The molecule has 1 atom stereocenters. The topological polar surface area (TPSA) is 67.9 Å². The highest BCUT2D eigenvalue weighted by molar-refractivity contribution is 5.97. The van der Waals surface area contributed by atoms with Crippen LogP contribution in [0.2, 0.25) is 0 Å². The van der Waals surface area contributed by atoms with Gasteiger partial charge in [-0.1, -0.05) is 12.1 Å². The third kappa shape index (κ3) is 3.35. The van der Waals surface area contributed by atoms with Crippen molar-refractivity contribution in [2.45, 2.75) is 18.9 Å². The molecular formula is C20H20N2O4. The molecular weight excluding hydrogens is 332 g/mol. The second kappa shape index (κ2) is 7.07. The van der Waals surface area contributed by atoms with Crippen LogP contribution in [0.3, 0.4) is 0 Å². The normalized spacial score (nSPS) is 18.7. The fourth-order valence-corrected chi connectivity index (χ4v) is 3.19. The molecule has 2 amide bonds. The fraction of sp³-hybridized carbons (Fsp3) is 0.300. The predicted octanol–water partition coefficient (Wildman–Crippen LogP) is 2.38. The van der Waals surface area contributed by atoms with Gasteiger partial charge in [0.25, 0.3) is 5.91 Å². The molecule has 0 unspecified atom stereocenters. The van der Waals surface area contributed by atoms with Crippen LogP contribution in [0.4, 0.5) is 5.69 Å². The van der Waals surface area contributed by atoms with E-state index in [1.165, 1.54) is 0 Å². The highest BCUT2D eigenvalue weighted by atomic mass is 16.6. The fourth-order valence-electron chi connectivity index (χ4n) is 3.19. The van der Waals surface area contributed by atoms with Crippen molar-refractivity contribution in [3.05, 3.63) is 54.1 Å². The molecule has 1 fully saturated rings. The number of ether oxygens (including phenoxy) is 2. The van der Waals surface area contributed by atoms with Crippen LogP contribution in [0.25, 0.3) is 0 Å². The summed E-state index contributed by atoms with van der Waals surface area (Å²) >= 11 is 0. The van der Waals surface area contributed by atoms with Crippen LogP contribution in [-0.2, 0) is 4.79 Å². The average molecular weight is 352 g/mol. The minimum atomic E-state index is -0.227. The summed E-state index contributed by atoms with van der Waals surface area (Å²) in [6, 6.07) is 14.6. The van der Waals surface area contributed by atoms with Gasteiger partial charge in [0.2, 0.25) is 5.91 Å². The van der Waals surface area contributed by atoms with Crippen molar-refractivity contribution in [3.63, 3.8) is 0 Å². The van der Waals surface area contributed by atoms with E-state index in [0.717, 1.165) is 24.4 Å². The molecule has 2 aliphatic rings. The summed E-state index contributed by atoms with van der Waals surface area (Å²) in [5.74, 6) is 1.38. The summed E-state index contributed by atoms with van der Waals surface area (Å²) in [4.78, 5) is 25.9. The number of hydrogen-bond acceptors (Lipinski definition) is 4. The molecule has 0 saturated carbocycles. The molecule has 4 rings (SSSR count). The number of carbonyl (C=O) groups is 2. The Bertz CT molecular complexity index is 819. The molecule has 2 aromatic rings. The van der Waals surface area contributed by atoms with E-state index in [4.69, 9.17) is 9.47 Å². The summed E-state index contributed by atoms with van der Waals surface area (Å²) in [6.45, 7) is 1.50. The predicted molar refractivity (Wildman–Crippen MR) is 96.7 cm³/mol. The van der Waals surface area contributed by atoms with Gasteiger partial charge in [0.15, 0.2) is 11.5 Å². The Balaban J connectivity index is 1.33. The van der Waals surface area contributed by atoms with Gasteiger partial charge in [0, 0.05) is 24.2 Å². The van der Waals surface area contributed by atoms with Gasteiger partial charge in [-0.15, -0.1) is 0 Å². The Morgan fingerprint density at radius 1 is 1.12 bits per heavy atom. The van der Waals surface area contributed by atoms with Crippen molar-refractivity contribution >= 4 is 17.5 Å². The molecule has 1 saturated heterocycles. The van der Waals surface area contributed by atoms with Gasteiger partial charge >= 0.3 is 0 Å². The van der Waals surface area contributed by atoms with E-state index >= 15 is 0 Å². The number of para-hydroxylation sites is 2. The van der Waals surface area contributed by atoms with Crippen LogP contribution >= 0.6 is 0 Å². The monoisotopic (exact) mass is 352 g/mol. The second-order valence-corrected chi connectivity index (χ2v) is 6.40. The lowest BCUT2D eigenvalue weighted by Gasteiger charge is -2.26. The standard InChI is InChI=1S/C20H20N2O4/c23-19-6-3-11-22(19)15-9-7-14(8-10-15)20(24)21-12-16-13-25-17-4-1-2-5-18(17)26-16/h1-2,4-5,7-10,16H,3,6,11-13H2,(H,21,24)/t16-/m1/s1. The number of carbonyl (C=O) groups excluding carboxylic acids is 2. The maximum atomic E-state index is 12.3. The number of rotatable bonds is 4. The number of hydrogen-bond donors (Lipinski definition) is 1. The van der Waals surface area contributed by atoms with E-state index < -0.39 is 0 Å². The van der Waals surface area contributed by atoms with Crippen LogP contribution < -0.4 is 19.7 Å². The van der Waals surface area contributed by atoms with Gasteiger partial charge in [0.05, 0.1) is 6.54 Å². The first-order valence-electron chi connectivity index (χ1n) is 8.78. The zero-order valence-electron chi connectivity index (χ0n) is 14.3.